The van der Waals surface area contributed by atoms with Crippen molar-refractivity contribution in [2.75, 3.05) is 6.54 Å². The molecule has 1 N–H and O–H groups in total. The van der Waals surface area contributed by atoms with Crippen LogP contribution in [0.25, 0.3) is 0 Å². The number of aliphatic carboxylic acids is 1. The number of likely N-dealkylation sites (tertiary alicyclic amines) is 1. The van der Waals surface area contributed by atoms with Crippen molar-refractivity contribution < 1.29 is 23.9 Å². The SMILES string of the molecule is CC(=O)SC1CC(=O)N(C(Cc2ccco2)C(=O)O)C1. The minimum Gasteiger partial charge on any atom is -0.480 e. The van der Waals surface area contributed by atoms with E-state index < -0.39 is 12.0 Å². The van der Waals surface area contributed by atoms with E-state index in [1.165, 1.54) is 18.1 Å². The molecule has 0 radical (unpaired) electrons. The predicted octanol–water partition coefficient (Wildman–Crippen LogP) is 1.16. The average molecular weight is 297 g/mol. The first kappa shape index (κ1) is 14.6. The van der Waals surface area contributed by atoms with Gasteiger partial charge in [-0.1, -0.05) is 11.8 Å². The molecule has 7 heteroatoms. The number of carbonyl (C=O) groups excluding carboxylic acids is 2. The maximum absolute atomic E-state index is 11.9. The van der Waals surface area contributed by atoms with Crippen molar-refractivity contribution in [2.24, 2.45) is 0 Å². The fraction of sp³-hybridized carbons (Fsp3) is 0.462. The second-order valence-corrected chi connectivity index (χ2v) is 6.10. The van der Waals surface area contributed by atoms with Gasteiger partial charge in [0.2, 0.25) is 5.91 Å². The molecule has 0 bridgehead atoms. The van der Waals surface area contributed by atoms with Crippen LogP contribution in [0.2, 0.25) is 0 Å². The predicted molar refractivity (Wildman–Crippen MR) is 72.2 cm³/mol. The molecule has 0 saturated carbocycles. The first-order valence-corrected chi connectivity index (χ1v) is 7.07. The van der Waals surface area contributed by atoms with Gasteiger partial charge < -0.3 is 14.4 Å². The van der Waals surface area contributed by atoms with Gasteiger partial charge in [0.05, 0.1) is 6.26 Å². The lowest BCUT2D eigenvalue weighted by molar-refractivity contribution is -0.148. The smallest absolute Gasteiger partial charge is 0.326 e. The molecule has 6 nitrogen and oxygen atoms in total. The Labute approximate surface area is 120 Å². The quantitative estimate of drug-likeness (QED) is 0.877. The fourth-order valence-electron chi connectivity index (χ4n) is 2.26. The molecule has 2 heterocycles. The third-order valence-corrected chi connectivity index (χ3v) is 4.07. The number of carbonyl (C=O) groups is 3. The van der Waals surface area contributed by atoms with Crippen molar-refractivity contribution in [1.29, 1.82) is 0 Å². The van der Waals surface area contributed by atoms with Gasteiger partial charge in [-0.2, -0.15) is 0 Å². The van der Waals surface area contributed by atoms with Gasteiger partial charge in [0.25, 0.3) is 0 Å². The van der Waals surface area contributed by atoms with Crippen molar-refractivity contribution in [1.82, 2.24) is 4.90 Å². The van der Waals surface area contributed by atoms with Crippen LogP contribution in [-0.4, -0.2) is 44.8 Å². The topological polar surface area (TPSA) is 87.8 Å². The van der Waals surface area contributed by atoms with Crippen LogP contribution in [0, 0.1) is 0 Å². The van der Waals surface area contributed by atoms with E-state index in [1.807, 2.05) is 0 Å². The first-order chi connectivity index (χ1) is 9.47. The molecule has 1 aliphatic heterocycles. The van der Waals surface area contributed by atoms with E-state index in [0.29, 0.717) is 5.76 Å². The highest BCUT2D eigenvalue weighted by atomic mass is 32.2. The van der Waals surface area contributed by atoms with Crippen molar-refractivity contribution in [2.45, 2.75) is 31.1 Å². The van der Waals surface area contributed by atoms with Crippen LogP contribution >= 0.6 is 11.8 Å². The summed E-state index contributed by atoms with van der Waals surface area (Å²) < 4.78 is 5.14. The number of hydrogen-bond acceptors (Lipinski definition) is 5. The van der Waals surface area contributed by atoms with Crippen LogP contribution in [0.1, 0.15) is 19.1 Å². The summed E-state index contributed by atoms with van der Waals surface area (Å²) in [7, 11) is 0. The standard InChI is InChI=1S/C13H15NO5S/c1-8(15)20-10-6-12(16)14(7-10)11(13(17)18)5-9-3-2-4-19-9/h2-4,10-11H,5-7H2,1H3,(H,17,18). The lowest BCUT2D eigenvalue weighted by Gasteiger charge is -2.23. The number of furan rings is 1. The number of nitrogens with zero attached hydrogens (tertiary/aromatic N) is 1. The second kappa shape index (κ2) is 6.13. The van der Waals surface area contributed by atoms with Gasteiger partial charge in [0.1, 0.15) is 11.8 Å². The minimum absolute atomic E-state index is 0.0671. The number of hydrogen-bond donors (Lipinski definition) is 1. The monoisotopic (exact) mass is 297 g/mol. The summed E-state index contributed by atoms with van der Waals surface area (Å²) in [6, 6.07) is 2.40. The zero-order chi connectivity index (χ0) is 14.7. The third kappa shape index (κ3) is 3.41. The maximum atomic E-state index is 11.9. The molecule has 1 aromatic rings. The molecule has 2 unspecified atom stereocenters. The average Bonchev–Trinajstić information content (AvgIpc) is 2.95. The highest BCUT2D eigenvalue weighted by Crippen LogP contribution is 2.26. The molecule has 0 aromatic carbocycles. The van der Waals surface area contributed by atoms with Crippen LogP contribution < -0.4 is 0 Å². The maximum Gasteiger partial charge on any atom is 0.326 e. The molecule has 1 amide bonds. The molecule has 108 valence electrons. The van der Waals surface area contributed by atoms with Gasteiger partial charge in [-0.05, 0) is 12.1 Å². The van der Waals surface area contributed by atoms with E-state index in [1.54, 1.807) is 12.1 Å². The van der Waals surface area contributed by atoms with E-state index in [9.17, 15) is 19.5 Å². The lowest BCUT2D eigenvalue weighted by atomic mass is 10.1. The zero-order valence-electron chi connectivity index (χ0n) is 10.9. The Balaban J connectivity index is 2.08. The zero-order valence-corrected chi connectivity index (χ0v) is 11.8. The Morgan fingerprint density at radius 2 is 2.35 bits per heavy atom. The Bertz CT molecular complexity index is 513. The van der Waals surface area contributed by atoms with Gasteiger partial charge in [0, 0.05) is 31.6 Å². The largest absolute Gasteiger partial charge is 0.480 e. The molecule has 1 aromatic heterocycles. The van der Waals surface area contributed by atoms with Gasteiger partial charge in [-0.3, -0.25) is 9.59 Å². The first-order valence-electron chi connectivity index (χ1n) is 6.19. The summed E-state index contributed by atoms with van der Waals surface area (Å²) in [6.07, 6.45) is 1.80. The summed E-state index contributed by atoms with van der Waals surface area (Å²) in [5.74, 6) is -0.779. The van der Waals surface area contributed by atoms with Gasteiger partial charge >= 0.3 is 5.97 Å². The molecular formula is C13H15NO5S. The van der Waals surface area contributed by atoms with E-state index >= 15 is 0 Å². The number of carboxylic acid groups (broad SMARTS) is 1. The van der Waals surface area contributed by atoms with Crippen LogP contribution in [0.4, 0.5) is 0 Å². The Morgan fingerprint density at radius 1 is 1.60 bits per heavy atom. The molecule has 2 atom stereocenters. The molecule has 20 heavy (non-hydrogen) atoms. The highest BCUT2D eigenvalue weighted by molar-refractivity contribution is 8.14. The number of carboxylic acids is 1. The number of thioether (sulfide) groups is 1. The summed E-state index contributed by atoms with van der Waals surface area (Å²) >= 11 is 1.09. The van der Waals surface area contributed by atoms with E-state index in [0.717, 1.165) is 11.8 Å². The minimum atomic E-state index is -1.07. The molecule has 1 aliphatic rings. The molecule has 1 fully saturated rings. The summed E-state index contributed by atoms with van der Waals surface area (Å²) in [4.78, 5) is 35.7. The van der Waals surface area contributed by atoms with Crippen molar-refractivity contribution in [3.05, 3.63) is 24.2 Å². The van der Waals surface area contributed by atoms with Crippen molar-refractivity contribution >= 4 is 28.8 Å². The van der Waals surface area contributed by atoms with Crippen LogP contribution in [0.15, 0.2) is 22.8 Å². The van der Waals surface area contributed by atoms with Crippen molar-refractivity contribution in [3.63, 3.8) is 0 Å². The van der Waals surface area contributed by atoms with E-state index in [-0.39, 0.29) is 35.7 Å². The number of amides is 1. The van der Waals surface area contributed by atoms with E-state index in [2.05, 4.69) is 0 Å². The second-order valence-electron chi connectivity index (χ2n) is 4.62. The molecule has 1 saturated heterocycles. The third-order valence-electron chi connectivity index (χ3n) is 3.09. The van der Waals surface area contributed by atoms with Gasteiger partial charge in [-0.25, -0.2) is 4.79 Å². The van der Waals surface area contributed by atoms with Gasteiger partial charge in [-0.15, -0.1) is 0 Å². The Morgan fingerprint density at radius 3 is 2.90 bits per heavy atom. The lowest BCUT2D eigenvalue weighted by Crippen LogP contribution is -2.43. The molecule has 2 rings (SSSR count). The normalized spacial score (nSPS) is 20.1. The summed E-state index contributed by atoms with van der Waals surface area (Å²) in [5.41, 5.74) is 0. The van der Waals surface area contributed by atoms with Crippen LogP contribution in [-0.2, 0) is 20.8 Å². The van der Waals surface area contributed by atoms with Crippen LogP contribution in [0.3, 0.4) is 0 Å². The molecular weight excluding hydrogens is 282 g/mol. The van der Waals surface area contributed by atoms with E-state index in [4.69, 9.17) is 4.42 Å². The Hall–Kier alpha value is -1.76. The summed E-state index contributed by atoms with van der Waals surface area (Å²) in [5, 5.41) is 9.07. The molecule has 0 aliphatic carbocycles. The van der Waals surface area contributed by atoms with Crippen LogP contribution in [0.5, 0.6) is 0 Å². The van der Waals surface area contributed by atoms with Gasteiger partial charge in [0.15, 0.2) is 5.12 Å². The summed E-state index contributed by atoms with van der Waals surface area (Å²) in [6.45, 7) is 1.72. The van der Waals surface area contributed by atoms with Crippen molar-refractivity contribution in [3.8, 4) is 0 Å². The highest BCUT2D eigenvalue weighted by Gasteiger charge is 2.38. The Kier molecular flexibility index (Phi) is 4.49. The molecule has 0 spiro atoms. The number of rotatable bonds is 5. The fourth-order valence-corrected chi connectivity index (χ4v) is 3.19.